The van der Waals surface area contributed by atoms with Crippen LogP contribution in [0.5, 0.6) is 0 Å². The average molecular weight is 298 g/mol. The Morgan fingerprint density at radius 2 is 1.18 bits per heavy atom. The van der Waals surface area contributed by atoms with E-state index < -0.39 is 0 Å². The predicted molar refractivity (Wildman–Crippen MR) is 87.7 cm³/mol. The summed E-state index contributed by atoms with van der Waals surface area (Å²) in [5, 5.41) is 0. The molecule has 0 saturated heterocycles. The van der Waals surface area contributed by atoms with E-state index in [-0.39, 0.29) is 5.41 Å². The molecule has 1 aromatic carbocycles. The van der Waals surface area contributed by atoms with Crippen LogP contribution in [0.2, 0.25) is 0 Å². The van der Waals surface area contributed by atoms with Crippen LogP contribution in [0.25, 0.3) is 0 Å². The Kier molecular flexibility index (Phi) is 4.46. The van der Waals surface area contributed by atoms with Gasteiger partial charge in [0, 0.05) is 25.7 Å². The van der Waals surface area contributed by atoms with E-state index in [0.29, 0.717) is 23.4 Å². The van der Waals surface area contributed by atoms with E-state index in [9.17, 15) is 9.59 Å². The van der Waals surface area contributed by atoms with Gasteiger partial charge in [-0.1, -0.05) is 37.3 Å². The first-order chi connectivity index (χ1) is 10.6. The lowest BCUT2D eigenvalue weighted by molar-refractivity contribution is -0.122. The molecule has 0 heterocycles. The van der Waals surface area contributed by atoms with Crippen molar-refractivity contribution >= 4 is 11.6 Å². The SMILES string of the molecule is CC(c1ccccc1)(C1CCC(=O)CC1)C1CCC(=O)CC1. The molecule has 1 aromatic rings. The second-order valence-corrected chi connectivity index (χ2v) is 7.27. The summed E-state index contributed by atoms with van der Waals surface area (Å²) in [7, 11) is 0. The number of ketones is 2. The molecule has 0 aliphatic heterocycles. The van der Waals surface area contributed by atoms with Crippen LogP contribution in [0.15, 0.2) is 30.3 Å². The van der Waals surface area contributed by atoms with Gasteiger partial charge in [-0.25, -0.2) is 0 Å². The van der Waals surface area contributed by atoms with Crippen molar-refractivity contribution in [2.75, 3.05) is 0 Å². The lowest BCUT2D eigenvalue weighted by Crippen LogP contribution is -2.43. The molecule has 0 spiro atoms. The summed E-state index contributed by atoms with van der Waals surface area (Å²) in [6.45, 7) is 2.39. The summed E-state index contributed by atoms with van der Waals surface area (Å²) < 4.78 is 0. The Labute approximate surface area is 133 Å². The third-order valence-electron chi connectivity index (χ3n) is 6.18. The number of carbonyl (C=O) groups excluding carboxylic acids is 2. The first-order valence-electron chi connectivity index (χ1n) is 8.69. The van der Waals surface area contributed by atoms with E-state index in [0.717, 1.165) is 51.4 Å². The zero-order valence-corrected chi connectivity index (χ0v) is 13.5. The molecule has 0 radical (unpaired) electrons. The van der Waals surface area contributed by atoms with E-state index in [1.807, 2.05) is 0 Å². The van der Waals surface area contributed by atoms with Gasteiger partial charge in [-0.15, -0.1) is 0 Å². The van der Waals surface area contributed by atoms with Gasteiger partial charge < -0.3 is 0 Å². The number of hydrogen-bond donors (Lipinski definition) is 0. The number of carbonyl (C=O) groups is 2. The van der Waals surface area contributed by atoms with Gasteiger partial charge in [0.15, 0.2) is 0 Å². The van der Waals surface area contributed by atoms with Gasteiger partial charge in [0.05, 0.1) is 0 Å². The van der Waals surface area contributed by atoms with Gasteiger partial charge >= 0.3 is 0 Å². The minimum absolute atomic E-state index is 0.0999. The highest BCUT2D eigenvalue weighted by atomic mass is 16.1. The smallest absolute Gasteiger partial charge is 0.132 e. The molecule has 3 rings (SSSR count). The van der Waals surface area contributed by atoms with Crippen molar-refractivity contribution in [1.29, 1.82) is 0 Å². The van der Waals surface area contributed by atoms with Crippen LogP contribution in [0.4, 0.5) is 0 Å². The Morgan fingerprint density at radius 1 is 0.773 bits per heavy atom. The van der Waals surface area contributed by atoms with Crippen LogP contribution in [0.3, 0.4) is 0 Å². The van der Waals surface area contributed by atoms with Gasteiger partial charge in [-0.05, 0) is 48.5 Å². The fraction of sp³-hybridized carbons (Fsp3) is 0.600. The molecule has 2 nitrogen and oxygen atoms in total. The molecule has 0 unspecified atom stereocenters. The highest BCUT2D eigenvalue weighted by molar-refractivity contribution is 5.79. The number of benzene rings is 1. The maximum absolute atomic E-state index is 11.6. The first kappa shape index (κ1) is 15.5. The van der Waals surface area contributed by atoms with Gasteiger partial charge in [0.2, 0.25) is 0 Å². The lowest BCUT2D eigenvalue weighted by atomic mass is 9.57. The normalized spacial score (nSPS) is 22.0. The summed E-state index contributed by atoms with van der Waals surface area (Å²) >= 11 is 0. The van der Waals surface area contributed by atoms with E-state index in [1.54, 1.807) is 0 Å². The summed E-state index contributed by atoms with van der Waals surface area (Å²) in [4.78, 5) is 23.3. The lowest BCUT2D eigenvalue weighted by Gasteiger charge is -2.47. The third kappa shape index (κ3) is 2.88. The Hall–Kier alpha value is -1.44. The minimum Gasteiger partial charge on any atom is -0.300 e. The first-order valence-corrected chi connectivity index (χ1v) is 8.69. The van der Waals surface area contributed by atoms with Gasteiger partial charge in [-0.2, -0.15) is 0 Å². The summed E-state index contributed by atoms with van der Waals surface area (Å²) in [5.41, 5.74) is 1.50. The molecule has 0 amide bonds. The molecule has 2 aliphatic rings. The maximum Gasteiger partial charge on any atom is 0.132 e. The molecule has 0 aromatic heterocycles. The van der Waals surface area contributed by atoms with E-state index in [1.165, 1.54) is 5.56 Å². The van der Waals surface area contributed by atoms with Crippen molar-refractivity contribution in [2.45, 2.75) is 63.7 Å². The third-order valence-corrected chi connectivity index (χ3v) is 6.18. The number of hydrogen-bond acceptors (Lipinski definition) is 2. The van der Waals surface area contributed by atoms with E-state index in [4.69, 9.17) is 0 Å². The highest BCUT2D eigenvalue weighted by Gasteiger charge is 2.44. The molecule has 2 saturated carbocycles. The predicted octanol–water partition coefficient (Wildman–Crippen LogP) is 4.46. The van der Waals surface area contributed by atoms with Gasteiger partial charge in [-0.3, -0.25) is 9.59 Å². The highest BCUT2D eigenvalue weighted by Crippen LogP contribution is 2.49. The van der Waals surface area contributed by atoms with Crippen molar-refractivity contribution in [3.05, 3.63) is 35.9 Å². The monoisotopic (exact) mass is 298 g/mol. The Morgan fingerprint density at radius 3 is 1.59 bits per heavy atom. The standard InChI is InChI=1S/C20H26O2/c1-20(15-5-3-2-4-6-15,16-7-11-18(21)12-8-16)17-9-13-19(22)14-10-17/h2-6,16-17H,7-14H2,1H3. The van der Waals surface area contributed by atoms with Crippen molar-refractivity contribution in [1.82, 2.24) is 0 Å². The fourth-order valence-electron chi connectivity index (χ4n) is 4.68. The van der Waals surface area contributed by atoms with Crippen LogP contribution < -0.4 is 0 Å². The average Bonchev–Trinajstić information content (AvgIpc) is 2.56. The molecule has 2 aliphatic carbocycles. The molecular weight excluding hydrogens is 272 g/mol. The number of Topliss-reactive ketones (excluding diaryl/α,β-unsaturated/α-hetero) is 2. The molecule has 118 valence electrons. The van der Waals surface area contributed by atoms with Crippen molar-refractivity contribution in [2.24, 2.45) is 11.8 Å². The summed E-state index contributed by atoms with van der Waals surface area (Å²) in [6.07, 6.45) is 6.97. The molecule has 2 heteroatoms. The maximum atomic E-state index is 11.6. The largest absolute Gasteiger partial charge is 0.300 e. The van der Waals surface area contributed by atoms with Crippen LogP contribution >= 0.6 is 0 Å². The van der Waals surface area contributed by atoms with Crippen LogP contribution in [-0.2, 0) is 15.0 Å². The van der Waals surface area contributed by atoms with Crippen LogP contribution in [0.1, 0.15) is 63.9 Å². The Balaban J connectivity index is 1.91. The molecule has 2 fully saturated rings. The molecule has 0 atom stereocenters. The quantitative estimate of drug-likeness (QED) is 0.825. The van der Waals surface area contributed by atoms with Crippen LogP contribution in [0, 0.1) is 11.8 Å². The molecule has 22 heavy (non-hydrogen) atoms. The van der Waals surface area contributed by atoms with Crippen molar-refractivity contribution in [3.8, 4) is 0 Å². The van der Waals surface area contributed by atoms with Crippen LogP contribution in [-0.4, -0.2) is 11.6 Å². The summed E-state index contributed by atoms with van der Waals surface area (Å²) in [5.74, 6) is 1.97. The fourth-order valence-corrected chi connectivity index (χ4v) is 4.68. The van der Waals surface area contributed by atoms with E-state index >= 15 is 0 Å². The topological polar surface area (TPSA) is 34.1 Å². The van der Waals surface area contributed by atoms with Gasteiger partial charge in [0.1, 0.15) is 11.6 Å². The summed E-state index contributed by atoms with van der Waals surface area (Å²) in [6, 6.07) is 10.8. The van der Waals surface area contributed by atoms with Crippen molar-refractivity contribution < 1.29 is 9.59 Å². The Bertz CT molecular complexity index is 498. The second kappa shape index (κ2) is 6.36. The van der Waals surface area contributed by atoms with Crippen molar-refractivity contribution in [3.63, 3.8) is 0 Å². The molecular formula is C20H26O2. The van der Waals surface area contributed by atoms with Gasteiger partial charge in [0.25, 0.3) is 0 Å². The van der Waals surface area contributed by atoms with E-state index in [2.05, 4.69) is 37.3 Å². The molecule has 0 bridgehead atoms. The molecule has 0 N–H and O–H groups in total. The zero-order chi connectivity index (χ0) is 15.6. The minimum atomic E-state index is 0.0999. The second-order valence-electron chi connectivity index (χ2n) is 7.27. The zero-order valence-electron chi connectivity index (χ0n) is 13.5. The number of rotatable bonds is 3.